The molecule has 3 rings (SSSR count). The third kappa shape index (κ3) is 9.58. The molecule has 2 aromatic heterocycles. The minimum Gasteiger partial charge on any atom is -0.301 e. The van der Waals surface area contributed by atoms with Crippen LogP contribution in [0.1, 0.15) is 60.9 Å². The molecule has 0 saturated carbocycles. The Kier molecular flexibility index (Phi) is 10.6. The van der Waals surface area contributed by atoms with E-state index in [1.54, 1.807) is 24.0 Å². The van der Waals surface area contributed by atoms with Crippen molar-refractivity contribution in [2.75, 3.05) is 5.75 Å². The van der Waals surface area contributed by atoms with Crippen LogP contribution in [-0.2, 0) is 6.54 Å². The van der Waals surface area contributed by atoms with Crippen molar-refractivity contribution in [1.29, 1.82) is 0 Å². The van der Waals surface area contributed by atoms with Gasteiger partial charge < -0.3 is 4.98 Å². The molecule has 0 atom stereocenters. The van der Waals surface area contributed by atoms with Crippen molar-refractivity contribution >= 4 is 23.6 Å². The topological polar surface area (TPSA) is 66.7 Å². The number of rotatable bonds is 14. The summed E-state index contributed by atoms with van der Waals surface area (Å²) in [5, 5.41) is 0.713. The van der Waals surface area contributed by atoms with E-state index in [4.69, 9.17) is 0 Å². The second-order valence-corrected chi connectivity index (χ2v) is 9.08. The number of pyridine rings is 1. The molecule has 0 amide bonds. The zero-order valence-corrected chi connectivity index (χ0v) is 19.8. The number of aryl methyl sites for hydroxylation is 1. The van der Waals surface area contributed by atoms with Gasteiger partial charge in [0.05, 0.1) is 0 Å². The third-order valence-electron chi connectivity index (χ3n) is 5.35. The number of carbonyl (C=O) groups is 1. The van der Waals surface area contributed by atoms with Gasteiger partial charge in [-0.2, -0.15) is 0 Å². The van der Waals surface area contributed by atoms with Gasteiger partial charge in [0.2, 0.25) is 0 Å². The second kappa shape index (κ2) is 14.2. The monoisotopic (exact) mass is 462 g/mol. The van der Waals surface area contributed by atoms with Gasteiger partial charge in [0.15, 0.2) is 23.3 Å². The SMILES string of the molecule is O=C(/C=C/c1cc[n+](CCCCCCCCCSc2nccc(=O)[nH]2)cc1)c1ccccc1. The van der Waals surface area contributed by atoms with Gasteiger partial charge in [-0.15, -0.1) is 0 Å². The lowest BCUT2D eigenvalue weighted by molar-refractivity contribution is -0.697. The number of unbranched alkanes of at least 4 members (excludes halogenated alkanes) is 6. The summed E-state index contributed by atoms with van der Waals surface area (Å²) in [5.41, 5.74) is 1.65. The van der Waals surface area contributed by atoms with E-state index in [1.165, 1.54) is 44.6 Å². The van der Waals surface area contributed by atoms with Gasteiger partial charge in [0.25, 0.3) is 5.56 Å². The Labute approximate surface area is 200 Å². The van der Waals surface area contributed by atoms with Gasteiger partial charge in [0.1, 0.15) is 6.54 Å². The van der Waals surface area contributed by atoms with E-state index in [0.29, 0.717) is 10.7 Å². The number of allylic oxidation sites excluding steroid dienone is 1. The Hall–Kier alpha value is -2.99. The highest BCUT2D eigenvalue weighted by Gasteiger charge is 2.02. The first-order chi connectivity index (χ1) is 16.2. The molecule has 1 N–H and O–H groups in total. The normalized spacial score (nSPS) is 11.2. The van der Waals surface area contributed by atoms with E-state index in [9.17, 15) is 9.59 Å². The number of hydrogen-bond acceptors (Lipinski definition) is 4. The lowest BCUT2D eigenvalue weighted by Crippen LogP contribution is -2.32. The standard InChI is InChI=1S/C27H31N3O2S/c31-25(24-11-7-6-8-12-24)14-13-23-16-20-30(21-17-23)19-9-4-2-1-3-5-10-22-33-27-28-18-15-26(32)29-27/h6-8,11-18,20-21H,1-5,9-10,19,22H2/p+1/b14-13+. The van der Waals surface area contributed by atoms with Crippen LogP contribution >= 0.6 is 11.8 Å². The number of nitrogens with zero attached hydrogens (tertiary/aromatic N) is 2. The fourth-order valence-corrected chi connectivity index (χ4v) is 4.32. The first-order valence-electron chi connectivity index (χ1n) is 11.7. The average molecular weight is 463 g/mol. The van der Waals surface area contributed by atoms with E-state index in [0.717, 1.165) is 24.3 Å². The van der Waals surface area contributed by atoms with E-state index in [1.807, 2.05) is 48.5 Å². The highest BCUT2D eigenvalue weighted by molar-refractivity contribution is 7.99. The van der Waals surface area contributed by atoms with Crippen molar-refractivity contribution in [2.45, 2.75) is 56.6 Å². The van der Waals surface area contributed by atoms with Crippen LogP contribution in [0.5, 0.6) is 0 Å². The predicted octanol–water partition coefficient (Wildman–Crippen LogP) is 5.48. The van der Waals surface area contributed by atoms with Gasteiger partial charge in [-0.05, 0) is 24.5 Å². The summed E-state index contributed by atoms with van der Waals surface area (Å²) in [6.07, 6.45) is 17.8. The van der Waals surface area contributed by atoms with E-state index in [-0.39, 0.29) is 11.3 Å². The van der Waals surface area contributed by atoms with Crippen LogP contribution in [0.4, 0.5) is 0 Å². The summed E-state index contributed by atoms with van der Waals surface area (Å²) in [5.74, 6) is 1.02. The Bertz CT molecular complexity index is 1060. The number of aromatic nitrogens is 3. The number of ketones is 1. The maximum atomic E-state index is 12.1. The molecule has 0 spiro atoms. The number of benzene rings is 1. The van der Waals surface area contributed by atoms with Crippen molar-refractivity contribution < 1.29 is 9.36 Å². The molecule has 5 nitrogen and oxygen atoms in total. The lowest BCUT2D eigenvalue weighted by Gasteiger charge is -2.02. The molecule has 3 aromatic rings. The molecule has 0 aliphatic carbocycles. The van der Waals surface area contributed by atoms with Gasteiger partial charge >= 0.3 is 0 Å². The zero-order chi connectivity index (χ0) is 23.1. The quantitative estimate of drug-likeness (QED) is 0.0861. The van der Waals surface area contributed by atoms with Gasteiger partial charge in [0, 0.05) is 42.1 Å². The van der Waals surface area contributed by atoms with Crippen LogP contribution in [-0.4, -0.2) is 21.5 Å². The molecule has 0 bridgehead atoms. The van der Waals surface area contributed by atoms with Crippen molar-refractivity contribution in [2.24, 2.45) is 0 Å². The lowest BCUT2D eigenvalue weighted by atomic mass is 10.1. The molecule has 0 saturated heterocycles. The Morgan fingerprint density at radius 1 is 0.909 bits per heavy atom. The van der Waals surface area contributed by atoms with Gasteiger partial charge in [-0.1, -0.05) is 73.9 Å². The molecule has 0 unspecified atom stereocenters. The molecule has 0 radical (unpaired) electrons. The summed E-state index contributed by atoms with van der Waals surface area (Å²) in [7, 11) is 0. The number of nitrogens with one attached hydrogen (secondary N) is 1. The highest BCUT2D eigenvalue weighted by atomic mass is 32.2. The molecular formula is C27H32N3O2S+. The summed E-state index contributed by atoms with van der Waals surface area (Å²) in [4.78, 5) is 30.3. The Morgan fingerprint density at radius 2 is 1.61 bits per heavy atom. The van der Waals surface area contributed by atoms with Crippen molar-refractivity contribution in [3.05, 3.63) is 94.7 Å². The molecule has 0 aliphatic heterocycles. The minimum absolute atomic E-state index is 0.0237. The Morgan fingerprint density at radius 3 is 2.33 bits per heavy atom. The van der Waals surface area contributed by atoms with Crippen LogP contribution in [0.3, 0.4) is 0 Å². The van der Waals surface area contributed by atoms with Gasteiger partial charge in [-0.25, -0.2) is 9.55 Å². The summed E-state index contributed by atoms with van der Waals surface area (Å²) in [6.45, 7) is 1.02. The van der Waals surface area contributed by atoms with Crippen LogP contribution in [0.25, 0.3) is 6.08 Å². The molecule has 172 valence electrons. The van der Waals surface area contributed by atoms with Crippen molar-refractivity contribution in [1.82, 2.24) is 9.97 Å². The second-order valence-electron chi connectivity index (χ2n) is 8.00. The zero-order valence-electron chi connectivity index (χ0n) is 19.0. The first kappa shape index (κ1) is 24.6. The van der Waals surface area contributed by atoms with Crippen molar-refractivity contribution in [3.8, 4) is 0 Å². The minimum atomic E-state index is -0.0891. The number of aromatic amines is 1. The number of thioether (sulfide) groups is 1. The van der Waals surface area contributed by atoms with Crippen LogP contribution in [0.2, 0.25) is 0 Å². The van der Waals surface area contributed by atoms with Crippen LogP contribution in [0, 0.1) is 0 Å². The van der Waals surface area contributed by atoms with E-state index in [2.05, 4.69) is 26.9 Å². The Balaban J connectivity index is 1.22. The third-order valence-corrected chi connectivity index (χ3v) is 6.32. The molecule has 0 fully saturated rings. The van der Waals surface area contributed by atoms with E-state index >= 15 is 0 Å². The first-order valence-corrected chi connectivity index (χ1v) is 12.6. The molecule has 6 heteroatoms. The number of hydrogen-bond donors (Lipinski definition) is 1. The van der Waals surface area contributed by atoms with Crippen LogP contribution < -0.4 is 10.1 Å². The molecule has 2 heterocycles. The predicted molar refractivity (Wildman–Crippen MR) is 134 cm³/mol. The molecule has 1 aromatic carbocycles. The van der Waals surface area contributed by atoms with Gasteiger partial charge in [-0.3, -0.25) is 9.59 Å². The maximum absolute atomic E-state index is 12.1. The number of H-pyrrole nitrogens is 1. The summed E-state index contributed by atoms with van der Waals surface area (Å²) >= 11 is 1.62. The molecular weight excluding hydrogens is 430 g/mol. The maximum Gasteiger partial charge on any atom is 0.251 e. The van der Waals surface area contributed by atoms with Crippen molar-refractivity contribution in [3.63, 3.8) is 0 Å². The van der Waals surface area contributed by atoms with Crippen LogP contribution in [0.15, 0.2) is 83.1 Å². The highest BCUT2D eigenvalue weighted by Crippen LogP contribution is 2.14. The fraction of sp³-hybridized carbons (Fsp3) is 0.333. The summed E-state index contributed by atoms with van der Waals surface area (Å²) in [6, 6.07) is 14.9. The van der Waals surface area contributed by atoms with E-state index < -0.39 is 0 Å². The molecule has 0 aliphatic rings. The largest absolute Gasteiger partial charge is 0.301 e. The summed E-state index contributed by atoms with van der Waals surface area (Å²) < 4.78 is 2.20. The molecule has 33 heavy (non-hydrogen) atoms. The smallest absolute Gasteiger partial charge is 0.251 e. The number of carbonyl (C=O) groups excluding carboxylic acids is 1. The fourth-order valence-electron chi connectivity index (χ4n) is 3.47. The average Bonchev–Trinajstić information content (AvgIpc) is 2.85.